The second-order valence-corrected chi connectivity index (χ2v) is 10.5. The van der Waals surface area contributed by atoms with Crippen LogP contribution in [0.15, 0.2) is 71.6 Å². The van der Waals surface area contributed by atoms with Crippen LogP contribution >= 0.6 is 24.0 Å². The van der Waals surface area contributed by atoms with Crippen molar-refractivity contribution in [2.24, 2.45) is 0 Å². The van der Waals surface area contributed by atoms with Gasteiger partial charge in [-0.3, -0.25) is 14.4 Å². The Morgan fingerprint density at radius 2 is 1.60 bits per heavy atom. The van der Waals surface area contributed by atoms with Crippen LogP contribution in [-0.4, -0.2) is 50.3 Å². The number of alkyl halides is 6. The Morgan fingerprint density at radius 3 is 2.19 bits per heavy atom. The summed E-state index contributed by atoms with van der Waals surface area (Å²) in [5, 5.41) is 10.1. The van der Waals surface area contributed by atoms with Gasteiger partial charge in [-0.05, 0) is 48.5 Å². The Morgan fingerprint density at radius 1 is 0.977 bits per heavy atom. The lowest BCUT2D eigenvalue weighted by atomic mass is 10.0. The molecule has 3 aromatic rings. The smallest absolute Gasteiger partial charge is 0.416 e. The number of thioether (sulfide) groups is 1. The molecule has 0 saturated carbocycles. The topological polar surface area (TPSA) is 103 Å². The van der Waals surface area contributed by atoms with Gasteiger partial charge in [0.2, 0.25) is 5.91 Å². The summed E-state index contributed by atoms with van der Waals surface area (Å²) in [5.74, 6) is -2.65. The fourth-order valence-corrected chi connectivity index (χ4v) is 5.04. The summed E-state index contributed by atoms with van der Waals surface area (Å²) in [6.45, 7) is -1.14. The van der Waals surface area contributed by atoms with E-state index in [1.165, 1.54) is 36.4 Å². The number of carboxylic acids is 1. The Balaban J connectivity index is 1.54. The summed E-state index contributed by atoms with van der Waals surface area (Å²) in [4.78, 5) is 42.2. The molecule has 1 fully saturated rings. The van der Waals surface area contributed by atoms with Crippen LogP contribution in [-0.2, 0) is 26.7 Å². The highest BCUT2D eigenvalue weighted by molar-refractivity contribution is 8.26. The van der Waals surface area contributed by atoms with Crippen molar-refractivity contribution in [1.29, 1.82) is 0 Å². The third kappa shape index (κ3) is 7.77. The average Bonchev–Trinajstić information content (AvgIpc) is 3.21. The van der Waals surface area contributed by atoms with Gasteiger partial charge in [0.1, 0.15) is 6.54 Å². The van der Waals surface area contributed by atoms with Crippen molar-refractivity contribution in [2.45, 2.75) is 12.4 Å². The molecule has 2 heterocycles. The van der Waals surface area contributed by atoms with Crippen LogP contribution < -0.4 is 10.3 Å². The minimum atomic E-state index is -5.04. The normalized spacial score (nSPS) is 14.8. The Kier molecular flexibility index (Phi) is 9.22. The number of hydrazine groups is 1. The minimum absolute atomic E-state index is 0.0000678. The number of anilines is 1. The third-order valence-electron chi connectivity index (χ3n) is 5.78. The lowest BCUT2D eigenvalue weighted by Gasteiger charge is -2.23. The van der Waals surface area contributed by atoms with Crippen molar-refractivity contribution in [1.82, 2.24) is 15.4 Å². The van der Waals surface area contributed by atoms with Gasteiger partial charge in [-0.15, -0.1) is 0 Å². The molecule has 2 N–H and O–H groups in total. The van der Waals surface area contributed by atoms with Crippen LogP contribution in [0.3, 0.4) is 0 Å². The van der Waals surface area contributed by atoms with E-state index in [0.29, 0.717) is 17.8 Å². The molecule has 224 valence electrons. The molecule has 2 amide bonds. The number of hydrogen-bond acceptors (Lipinski definition) is 7. The lowest BCUT2D eigenvalue weighted by molar-refractivity contribution is -0.143. The monoisotopic (exact) mass is 640 g/mol. The van der Waals surface area contributed by atoms with Gasteiger partial charge in [0.15, 0.2) is 4.32 Å². The van der Waals surface area contributed by atoms with Gasteiger partial charge in [-0.25, -0.2) is 15.4 Å². The molecule has 0 aliphatic carbocycles. The molecule has 2 aromatic carbocycles. The molecule has 0 spiro atoms. The highest BCUT2D eigenvalue weighted by Crippen LogP contribution is 2.38. The average molecular weight is 641 g/mol. The highest BCUT2D eigenvalue weighted by atomic mass is 32.2. The first-order valence-electron chi connectivity index (χ1n) is 12.0. The first kappa shape index (κ1) is 31.7. The molecule has 0 atom stereocenters. The summed E-state index contributed by atoms with van der Waals surface area (Å²) in [5.41, 5.74) is -0.724. The number of para-hydroxylation sites is 1. The molecular weight excluding hydrogens is 622 g/mol. The van der Waals surface area contributed by atoms with Crippen LogP contribution in [0.25, 0.3) is 17.3 Å². The zero-order valence-electron chi connectivity index (χ0n) is 21.4. The molecule has 0 unspecified atom stereocenters. The number of halogens is 6. The number of hydrogen-bond donors (Lipinski definition) is 2. The zero-order chi connectivity index (χ0) is 31.5. The number of carbonyl (C=O) groups excluding carboxylic acids is 2. The van der Waals surface area contributed by atoms with Gasteiger partial charge in [-0.2, -0.15) is 26.3 Å². The predicted molar refractivity (Wildman–Crippen MR) is 149 cm³/mol. The van der Waals surface area contributed by atoms with E-state index >= 15 is 0 Å². The predicted octanol–water partition coefficient (Wildman–Crippen LogP) is 5.61. The molecule has 16 heteroatoms. The second-order valence-electron chi connectivity index (χ2n) is 8.80. The SMILES string of the molecule is O=C(O)CN(C(=O)CNN1C(=O)C(=Cc2cccc(-c3cc(C(F)(F)F)cc(C(F)(F)F)c3)n2)SC1=S)c1ccccc1. The minimum Gasteiger partial charge on any atom is -0.480 e. The van der Waals surface area contributed by atoms with Gasteiger partial charge in [0, 0.05) is 11.3 Å². The van der Waals surface area contributed by atoms with Gasteiger partial charge < -0.3 is 10.0 Å². The van der Waals surface area contributed by atoms with E-state index < -0.39 is 59.9 Å². The van der Waals surface area contributed by atoms with E-state index in [1.54, 1.807) is 18.2 Å². The number of carboxylic acid groups (broad SMARTS) is 1. The third-order valence-corrected chi connectivity index (χ3v) is 7.08. The van der Waals surface area contributed by atoms with Crippen molar-refractivity contribution in [3.63, 3.8) is 0 Å². The molecular formula is C27H18F6N4O4S2. The molecule has 0 bridgehead atoms. The number of carbonyl (C=O) groups is 3. The molecule has 1 saturated heterocycles. The van der Waals surface area contributed by atoms with Gasteiger partial charge in [0.25, 0.3) is 5.91 Å². The Labute approximate surface area is 249 Å². The zero-order valence-corrected chi connectivity index (χ0v) is 23.1. The molecule has 8 nitrogen and oxygen atoms in total. The van der Waals surface area contributed by atoms with Crippen LogP contribution in [0.2, 0.25) is 0 Å². The lowest BCUT2D eigenvalue weighted by Crippen LogP contribution is -2.48. The molecule has 1 aliphatic heterocycles. The van der Waals surface area contributed by atoms with E-state index in [1.807, 2.05) is 0 Å². The van der Waals surface area contributed by atoms with E-state index in [4.69, 9.17) is 12.2 Å². The first-order chi connectivity index (χ1) is 20.1. The summed E-state index contributed by atoms with van der Waals surface area (Å²) >= 11 is 6.01. The number of aromatic nitrogens is 1. The van der Waals surface area contributed by atoms with Crippen LogP contribution in [0, 0.1) is 0 Å². The van der Waals surface area contributed by atoms with E-state index in [0.717, 1.165) is 21.7 Å². The van der Waals surface area contributed by atoms with Crippen molar-refractivity contribution in [3.8, 4) is 11.3 Å². The molecule has 0 radical (unpaired) electrons. The molecule has 1 aromatic heterocycles. The van der Waals surface area contributed by atoms with Gasteiger partial charge in [0.05, 0.1) is 34.0 Å². The maximum atomic E-state index is 13.3. The Bertz CT molecular complexity index is 1580. The van der Waals surface area contributed by atoms with Gasteiger partial charge >= 0.3 is 18.3 Å². The van der Waals surface area contributed by atoms with Crippen molar-refractivity contribution >= 4 is 57.8 Å². The number of nitrogens with zero attached hydrogens (tertiary/aromatic N) is 3. The first-order valence-corrected chi connectivity index (χ1v) is 13.2. The van der Waals surface area contributed by atoms with Gasteiger partial charge in [-0.1, -0.05) is 48.2 Å². The van der Waals surface area contributed by atoms with E-state index in [-0.39, 0.29) is 26.7 Å². The fourth-order valence-electron chi connectivity index (χ4n) is 3.84. The number of pyridine rings is 1. The largest absolute Gasteiger partial charge is 0.480 e. The standard InChI is InChI=1S/C27H18F6N4O4S2/c28-26(29,30)16-9-15(10-17(11-16)27(31,32)33)20-8-4-5-18(35-20)12-21-24(41)37(25(42)43-21)34-13-22(38)36(14-23(39)40)19-6-2-1-3-7-19/h1-12,34H,13-14H2,(H,39,40). The summed E-state index contributed by atoms with van der Waals surface area (Å²) < 4.78 is 79.8. The second kappa shape index (κ2) is 12.5. The maximum absolute atomic E-state index is 13.3. The summed E-state index contributed by atoms with van der Waals surface area (Å²) in [6.07, 6.45) is -8.84. The number of amides is 2. The van der Waals surface area contributed by atoms with Crippen LogP contribution in [0.1, 0.15) is 16.8 Å². The van der Waals surface area contributed by atoms with Crippen molar-refractivity contribution < 1.29 is 45.8 Å². The van der Waals surface area contributed by atoms with E-state index in [9.17, 15) is 45.8 Å². The Hall–Kier alpha value is -4.28. The number of thiocarbonyl (C=S) groups is 1. The molecule has 43 heavy (non-hydrogen) atoms. The van der Waals surface area contributed by atoms with E-state index in [2.05, 4.69) is 10.4 Å². The number of rotatable bonds is 8. The summed E-state index contributed by atoms with van der Waals surface area (Å²) in [6, 6.07) is 13.0. The van der Waals surface area contributed by atoms with Crippen LogP contribution in [0.5, 0.6) is 0 Å². The van der Waals surface area contributed by atoms with Crippen LogP contribution in [0.4, 0.5) is 32.0 Å². The molecule has 4 rings (SSSR count). The quantitative estimate of drug-likeness (QED) is 0.186. The van der Waals surface area contributed by atoms with Crippen molar-refractivity contribution in [3.05, 3.63) is 88.5 Å². The number of benzene rings is 2. The number of aliphatic carboxylic acids is 1. The van der Waals surface area contributed by atoms with Crippen molar-refractivity contribution in [2.75, 3.05) is 18.0 Å². The highest BCUT2D eigenvalue weighted by Gasteiger charge is 2.37. The molecule has 1 aliphatic rings. The maximum Gasteiger partial charge on any atom is 0.416 e. The number of nitrogens with one attached hydrogen (secondary N) is 1. The summed E-state index contributed by atoms with van der Waals surface area (Å²) in [7, 11) is 0. The fraction of sp³-hybridized carbons (Fsp3) is 0.148.